The first-order chi connectivity index (χ1) is 11.1. The fraction of sp³-hybridized carbons (Fsp3) is 0.333. The first-order valence-electron chi connectivity index (χ1n) is 7.26. The standard InChI is InChI=1S/C15H16N4O2S2/c1-3-4-10-5-12(20)18-14(16-10)22-8-11-6-13(21)19-9(2)7-23-15(19)17-11/h5-7H,3-4,8H2,1-2H3,(H,16,18,20). The van der Waals surface area contributed by atoms with E-state index in [9.17, 15) is 9.59 Å². The molecule has 0 unspecified atom stereocenters. The van der Waals surface area contributed by atoms with Crippen LogP contribution in [0.5, 0.6) is 0 Å². The van der Waals surface area contributed by atoms with Crippen LogP contribution in [0.25, 0.3) is 4.96 Å². The zero-order chi connectivity index (χ0) is 16.4. The van der Waals surface area contributed by atoms with Crippen LogP contribution < -0.4 is 11.1 Å². The minimum atomic E-state index is -0.150. The number of thioether (sulfide) groups is 1. The summed E-state index contributed by atoms with van der Waals surface area (Å²) >= 11 is 2.82. The maximum absolute atomic E-state index is 12.1. The second-order valence-electron chi connectivity index (χ2n) is 5.16. The van der Waals surface area contributed by atoms with Crippen molar-refractivity contribution in [3.05, 3.63) is 55.3 Å². The molecule has 6 nitrogen and oxygen atoms in total. The summed E-state index contributed by atoms with van der Waals surface area (Å²) in [6.07, 6.45) is 1.71. The fourth-order valence-corrected chi connectivity index (χ4v) is 3.93. The normalized spacial score (nSPS) is 11.2. The molecule has 0 amide bonds. The van der Waals surface area contributed by atoms with Crippen LogP contribution in [0.1, 0.15) is 30.4 Å². The van der Waals surface area contributed by atoms with Crippen molar-refractivity contribution in [1.29, 1.82) is 0 Å². The van der Waals surface area contributed by atoms with E-state index < -0.39 is 0 Å². The molecule has 0 aromatic carbocycles. The SMILES string of the molecule is CCCc1cc(=O)[nH]c(SCc2cc(=O)n3c(C)csc3n2)n1. The summed E-state index contributed by atoms with van der Waals surface area (Å²) in [4.78, 5) is 36.1. The van der Waals surface area contributed by atoms with Gasteiger partial charge in [-0.1, -0.05) is 25.1 Å². The largest absolute Gasteiger partial charge is 0.301 e. The molecule has 120 valence electrons. The first kappa shape index (κ1) is 15.9. The molecule has 0 atom stereocenters. The summed E-state index contributed by atoms with van der Waals surface area (Å²) in [5.74, 6) is 0.487. The number of rotatable bonds is 5. The highest BCUT2D eigenvalue weighted by molar-refractivity contribution is 7.98. The van der Waals surface area contributed by atoms with Crippen LogP contribution in [0.2, 0.25) is 0 Å². The number of fused-ring (bicyclic) bond motifs is 1. The second kappa shape index (κ2) is 6.67. The summed E-state index contributed by atoms with van der Waals surface area (Å²) in [7, 11) is 0. The molecule has 0 bridgehead atoms. The van der Waals surface area contributed by atoms with Gasteiger partial charge >= 0.3 is 0 Å². The fourth-order valence-electron chi connectivity index (χ4n) is 2.25. The molecule has 3 rings (SSSR count). The molecule has 0 saturated heterocycles. The molecule has 0 fully saturated rings. The Hall–Kier alpha value is -1.93. The number of H-pyrrole nitrogens is 1. The van der Waals surface area contributed by atoms with Crippen molar-refractivity contribution in [3.63, 3.8) is 0 Å². The average Bonchev–Trinajstić information content (AvgIpc) is 2.87. The zero-order valence-electron chi connectivity index (χ0n) is 12.8. The van der Waals surface area contributed by atoms with Gasteiger partial charge in [-0.25, -0.2) is 9.97 Å². The lowest BCUT2D eigenvalue weighted by molar-refractivity contribution is 0.815. The topological polar surface area (TPSA) is 80.1 Å². The average molecular weight is 348 g/mol. The Kier molecular flexibility index (Phi) is 4.63. The number of nitrogens with one attached hydrogen (secondary N) is 1. The van der Waals surface area contributed by atoms with Crippen LogP contribution in [-0.4, -0.2) is 19.4 Å². The molecule has 0 saturated carbocycles. The van der Waals surface area contributed by atoms with Gasteiger partial charge in [0.05, 0.1) is 5.69 Å². The smallest absolute Gasteiger partial charge is 0.258 e. The van der Waals surface area contributed by atoms with E-state index in [0.717, 1.165) is 24.2 Å². The monoisotopic (exact) mass is 348 g/mol. The Labute approximate surface area is 140 Å². The van der Waals surface area contributed by atoms with Crippen molar-refractivity contribution in [1.82, 2.24) is 19.4 Å². The molecule has 0 radical (unpaired) electrons. The summed E-state index contributed by atoms with van der Waals surface area (Å²) in [6.45, 7) is 3.93. The Balaban J connectivity index is 1.83. The quantitative estimate of drug-likeness (QED) is 0.566. The predicted octanol–water partition coefficient (Wildman–Crippen LogP) is 2.39. The molecule has 3 heterocycles. The van der Waals surface area contributed by atoms with E-state index in [1.807, 2.05) is 19.2 Å². The van der Waals surface area contributed by atoms with Crippen molar-refractivity contribution in [2.45, 2.75) is 37.6 Å². The highest BCUT2D eigenvalue weighted by atomic mass is 32.2. The number of aromatic amines is 1. The molecule has 0 aliphatic carbocycles. The van der Waals surface area contributed by atoms with Gasteiger partial charge in [0.1, 0.15) is 0 Å². The van der Waals surface area contributed by atoms with Crippen LogP contribution in [-0.2, 0) is 12.2 Å². The molecule has 0 aliphatic heterocycles. The van der Waals surface area contributed by atoms with Gasteiger partial charge in [-0.05, 0) is 13.3 Å². The van der Waals surface area contributed by atoms with Gasteiger partial charge in [0.25, 0.3) is 11.1 Å². The van der Waals surface area contributed by atoms with E-state index in [-0.39, 0.29) is 11.1 Å². The molecular formula is C15H16N4O2S2. The van der Waals surface area contributed by atoms with Gasteiger partial charge in [0.2, 0.25) is 0 Å². The third-order valence-electron chi connectivity index (χ3n) is 3.26. The summed E-state index contributed by atoms with van der Waals surface area (Å²) < 4.78 is 1.60. The number of thiazole rings is 1. The zero-order valence-corrected chi connectivity index (χ0v) is 14.5. The number of hydrogen-bond acceptors (Lipinski definition) is 6. The Morgan fingerprint density at radius 1 is 1.26 bits per heavy atom. The Bertz CT molecular complexity index is 958. The van der Waals surface area contributed by atoms with Gasteiger partial charge in [0, 0.05) is 34.7 Å². The third-order valence-corrected chi connectivity index (χ3v) is 5.12. The lowest BCUT2D eigenvalue weighted by Crippen LogP contribution is -2.15. The molecule has 1 N–H and O–H groups in total. The van der Waals surface area contributed by atoms with Crippen molar-refractivity contribution in [2.75, 3.05) is 0 Å². The summed E-state index contributed by atoms with van der Waals surface area (Å²) in [6, 6.07) is 3.06. The Morgan fingerprint density at radius 3 is 2.87 bits per heavy atom. The van der Waals surface area contributed by atoms with Crippen LogP contribution in [0.4, 0.5) is 0 Å². The van der Waals surface area contributed by atoms with E-state index in [1.165, 1.54) is 35.2 Å². The van der Waals surface area contributed by atoms with Crippen LogP contribution in [0.3, 0.4) is 0 Å². The Morgan fingerprint density at radius 2 is 2.09 bits per heavy atom. The van der Waals surface area contributed by atoms with Crippen LogP contribution in [0, 0.1) is 6.92 Å². The van der Waals surface area contributed by atoms with Gasteiger partial charge in [0.15, 0.2) is 10.1 Å². The number of aromatic nitrogens is 4. The van der Waals surface area contributed by atoms with Crippen LogP contribution in [0.15, 0.2) is 32.3 Å². The van der Waals surface area contributed by atoms with Crippen molar-refractivity contribution >= 4 is 28.1 Å². The minimum Gasteiger partial charge on any atom is -0.301 e. The van der Waals surface area contributed by atoms with Crippen molar-refractivity contribution in [3.8, 4) is 0 Å². The first-order valence-corrected chi connectivity index (χ1v) is 9.13. The predicted molar refractivity (Wildman–Crippen MR) is 92.5 cm³/mol. The number of aryl methyl sites for hydroxylation is 2. The number of hydrogen-bond donors (Lipinski definition) is 1. The van der Waals surface area contributed by atoms with Gasteiger partial charge in [-0.2, -0.15) is 0 Å². The van der Waals surface area contributed by atoms with Crippen molar-refractivity contribution < 1.29 is 0 Å². The summed E-state index contributed by atoms with van der Waals surface area (Å²) in [5, 5.41) is 2.47. The minimum absolute atomic E-state index is 0.0782. The van der Waals surface area contributed by atoms with Gasteiger partial charge in [-0.3, -0.25) is 14.0 Å². The maximum Gasteiger partial charge on any atom is 0.258 e. The van der Waals surface area contributed by atoms with Crippen molar-refractivity contribution in [2.24, 2.45) is 0 Å². The van der Waals surface area contributed by atoms with E-state index in [1.54, 1.807) is 4.40 Å². The molecule has 3 aromatic rings. The molecule has 3 aromatic heterocycles. The maximum atomic E-state index is 12.1. The lowest BCUT2D eigenvalue weighted by Gasteiger charge is -2.04. The molecule has 23 heavy (non-hydrogen) atoms. The highest BCUT2D eigenvalue weighted by Gasteiger charge is 2.08. The van der Waals surface area contributed by atoms with Gasteiger partial charge < -0.3 is 4.98 Å². The molecule has 8 heteroatoms. The third kappa shape index (κ3) is 3.53. The molecule has 0 aliphatic rings. The van der Waals surface area contributed by atoms with E-state index >= 15 is 0 Å². The molecule has 0 spiro atoms. The van der Waals surface area contributed by atoms with E-state index in [4.69, 9.17) is 0 Å². The van der Waals surface area contributed by atoms with E-state index in [2.05, 4.69) is 15.0 Å². The summed E-state index contributed by atoms with van der Waals surface area (Å²) in [5.41, 5.74) is 2.13. The highest BCUT2D eigenvalue weighted by Crippen LogP contribution is 2.18. The number of nitrogens with zero attached hydrogens (tertiary/aromatic N) is 3. The second-order valence-corrected chi connectivity index (χ2v) is 6.96. The van der Waals surface area contributed by atoms with E-state index in [0.29, 0.717) is 21.6 Å². The van der Waals surface area contributed by atoms with Gasteiger partial charge in [-0.15, -0.1) is 11.3 Å². The lowest BCUT2D eigenvalue weighted by atomic mass is 10.2. The molecular weight excluding hydrogens is 332 g/mol. The van der Waals surface area contributed by atoms with Crippen LogP contribution >= 0.6 is 23.1 Å².